The number of likely N-dealkylation sites (tertiary alicyclic amines) is 1. The Morgan fingerprint density at radius 1 is 0.765 bits per heavy atom. The number of fused-ring (bicyclic) bond motifs is 1. The van der Waals surface area contributed by atoms with Crippen molar-refractivity contribution in [2.45, 2.75) is 129 Å². The third kappa shape index (κ3) is 7.06. The van der Waals surface area contributed by atoms with Crippen molar-refractivity contribution in [1.29, 1.82) is 0 Å². The molecule has 2 heteroatoms. The minimum Gasteiger partial charge on any atom is -0.303 e. The minimum absolute atomic E-state index is 0.745. The third-order valence-electron chi connectivity index (χ3n) is 8.55. The van der Waals surface area contributed by atoms with Crippen molar-refractivity contribution in [3.63, 3.8) is 0 Å². The van der Waals surface area contributed by atoms with Gasteiger partial charge >= 0.3 is 0 Å². The predicted octanol–water partition coefficient (Wildman–Crippen LogP) is 8.78. The molecule has 0 N–H and O–H groups in total. The third-order valence-corrected chi connectivity index (χ3v) is 8.55. The number of unbranched alkanes of at least 4 members (excludes halogenated alkanes) is 5. The van der Waals surface area contributed by atoms with E-state index in [1.54, 1.807) is 16.7 Å². The first-order valence-corrected chi connectivity index (χ1v) is 15.0. The van der Waals surface area contributed by atoms with Crippen molar-refractivity contribution in [2.24, 2.45) is 0 Å². The number of rotatable bonds is 13. The first-order chi connectivity index (χ1) is 16.8. The van der Waals surface area contributed by atoms with Crippen LogP contribution in [0.2, 0.25) is 0 Å². The summed E-state index contributed by atoms with van der Waals surface area (Å²) >= 11 is 0. The fourth-order valence-electron chi connectivity index (χ4n) is 6.45. The maximum Gasteiger partial charge on any atom is 0.0711 e. The molecule has 0 amide bonds. The number of nitrogens with zero attached hydrogens (tertiary/aromatic N) is 2. The number of aromatic nitrogens is 1. The first kappa shape index (κ1) is 25.7. The van der Waals surface area contributed by atoms with E-state index in [0.29, 0.717) is 0 Å². The zero-order chi connectivity index (χ0) is 23.6. The van der Waals surface area contributed by atoms with Gasteiger partial charge in [-0.25, -0.2) is 0 Å². The summed E-state index contributed by atoms with van der Waals surface area (Å²) in [5.74, 6) is 0.745. The topological polar surface area (TPSA) is 16.1 Å². The standard InChI is InChI=1S/C32H50N2/c1-3-5-6-7-11-19-29-25-30(27-16-9-8-10-17-27)31-23-26(4-2)28(24-32(31)33-29)18-12-13-20-34-21-14-15-22-34/h23-25,27H,3-22H2,1-2H3. The molecule has 188 valence electrons. The summed E-state index contributed by atoms with van der Waals surface area (Å²) in [5, 5.41) is 1.47. The van der Waals surface area contributed by atoms with E-state index in [2.05, 4.69) is 36.9 Å². The number of hydrogen-bond acceptors (Lipinski definition) is 2. The van der Waals surface area contributed by atoms with Gasteiger partial charge in [0.05, 0.1) is 5.52 Å². The maximum atomic E-state index is 5.27. The molecule has 2 fully saturated rings. The van der Waals surface area contributed by atoms with Crippen LogP contribution in [0.1, 0.15) is 132 Å². The van der Waals surface area contributed by atoms with Gasteiger partial charge in [-0.3, -0.25) is 4.98 Å². The normalized spacial score (nSPS) is 17.7. The summed E-state index contributed by atoms with van der Waals surface area (Å²) < 4.78 is 0. The lowest BCUT2D eigenvalue weighted by molar-refractivity contribution is 0.330. The van der Waals surface area contributed by atoms with Gasteiger partial charge in [0.2, 0.25) is 0 Å². The Hall–Kier alpha value is -1.41. The van der Waals surface area contributed by atoms with Crippen molar-refractivity contribution >= 4 is 10.9 Å². The lowest BCUT2D eigenvalue weighted by Gasteiger charge is -2.24. The summed E-state index contributed by atoms with van der Waals surface area (Å²) in [5.41, 5.74) is 7.41. The quantitative estimate of drug-likeness (QED) is 0.276. The molecule has 34 heavy (non-hydrogen) atoms. The summed E-state index contributed by atoms with van der Waals surface area (Å²) in [7, 11) is 0. The smallest absolute Gasteiger partial charge is 0.0711 e. The van der Waals surface area contributed by atoms with E-state index in [9.17, 15) is 0 Å². The molecular weight excluding hydrogens is 412 g/mol. The Labute approximate surface area is 209 Å². The second-order valence-electron chi connectivity index (χ2n) is 11.2. The van der Waals surface area contributed by atoms with Gasteiger partial charge in [0.1, 0.15) is 0 Å². The second-order valence-corrected chi connectivity index (χ2v) is 11.2. The SMILES string of the molecule is CCCCCCCc1cc(C2CCCCC2)c2cc(CC)c(CCCCN3CCCC3)cc2n1. The average molecular weight is 463 g/mol. The lowest BCUT2D eigenvalue weighted by Crippen LogP contribution is -2.20. The monoisotopic (exact) mass is 462 g/mol. The Morgan fingerprint density at radius 2 is 1.53 bits per heavy atom. The molecule has 2 nitrogen and oxygen atoms in total. The van der Waals surface area contributed by atoms with Gasteiger partial charge in [0.25, 0.3) is 0 Å². The highest BCUT2D eigenvalue weighted by atomic mass is 15.1. The van der Waals surface area contributed by atoms with Crippen LogP contribution in [0.25, 0.3) is 10.9 Å². The van der Waals surface area contributed by atoms with E-state index in [4.69, 9.17) is 4.98 Å². The maximum absolute atomic E-state index is 5.27. The van der Waals surface area contributed by atoms with E-state index in [-0.39, 0.29) is 0 Å². The number of hydrogen-bond donors (Lipinski definition) is 0. The molecular formula is C32H50N2. The van der Waals surface area contributed by atoms with Crippen LogP contribution in [0.3, 0.4) is 0 Å². The van der Waals surface area contributed by atoms with Gasteiger partial charge in [-0.15, -0.1) is 0 Å². The summed E-state index contributed by atoms with van der Waals surface area (Å²) in [6, 6.07) is 7.57. The van der Waals surface area contributed by atoms with Gasteiger partial charge in [0, 0.05) is 11.1 Å². The molecule has 0 bridgehead atoms. The minimum atomic E-state index is 0.745. The Balaban J connectivity index is 1.53. The van der Waals surface area contributed by atoms with Crippen LogP contribution < -0.4 is 0 Å². The van der Waals surface area contributed by atoms with E-state index in [0.717, 1.165) is 18.8 Å². The lowest BCUT2D eigenvalue weighted by atomic mass is 9.81. The molecule has 1 aromatic heterocycles. The Morgan fingerprint density at radius 3 is 2.29 bits per heavy atom. The molecule has 0 spiro atoms. The van der Waals surface area contributed by atoms with Crippen LogP contribution in [0.15, 0.2) is 18.2 Å². The molecule has 1 aliphatic carbocycles. The Bertz CT molecular complexity index is 874. The highest BCUT2D eigenvalue weighted by Gasteiger charge is 2.20. The van der Waals surface area contributed by atoms with Crippen molar-refractivity contribution in [3.8, 4) is 0 Å². The number of benzene rings is 1. The van der Waals surface area contributed by atoms with Crippen molar-refractivity contribution in [1.82, 2.24) is 9.88 Å². The van der Waals surface area contributed by atoms with Crippen LogP contribution in [0.5, 0.6) is 0 Å². The molecule has 1 aromatic carbocycles. The Kier molecular flexibility index (Phi) is 10.3. The van der Waals surface area contributed by atoms with Gasteiger partial charge in [-0.2, -0.15) is 0 Å². The van der Waals surface area contributed by atoms with Crippen molar-refractivity contribution < 1.29 is 0 Å². The van der Waals surface area contributed by atoms with Crippen LogP contribution in [0, 0.1) is 0 Å². The molecule has 2 heterocycles. The van der Waals surface area contributed by atoms with E-state index >= 15 is 0 Å². The molecule has 0 radical (unpaired) electrons. The van der Waals surface area contributed by atoms with Gasteiger partial charge in [-0.05, 0) is 125 Å². The predicted molar refractivity (Wildman–Crippen MR) is 148 cm³/mol. The summed E-state index contributed by atoms with van der Waals surface area (Å²) in [6.45, 7) is 8.58. The molecule has 2 aliphatic rings. The fraction of sp³-hybridized carbons (Fsp3) is 0.719. The van der Waals surface area contributed by atoms with Crippen LogP contribution in [0.4, 0.5) is 0 Å². The van der Waals surface area contributed by atoms with Gasteiger partial charge in [0.15, 0.2) is 0 Å². The van der Waals surface area contributed by atoms with Gasteiger partial charge in [-0.1, -0.05) is 58.8 Å². The molecule has 1 aliphatic heterocycles. The molecule has 4 rings (SSSR count). The van der Waals surface area contributed by atoms with E-state index < -0.39 is 0 Å². The zero-order valence-corrected chi connectivity index (χ0v) is 22.3. The molecule has 1 saturated heterocycles. The van der Waals surface area contributed by atoms with E-state index in [1.165, 1.54) is 133 Å². The highest BCUT2D eigenvalue weighted by Crippen LogP contribution is 2.37. The average Bonchev–Trinajstić information content (AvgIpc) is 3.39. The highest BCUT2D eigenvalue weighted by molar-refractivity contribution is 5.85. The summed E-state index contributed by atoms with van der Waals surface area (Å²) in [4.78, 5) is 7.93. The van der Waals surface area contributed by atoms with Crippen molar-refractivity contribution in [3.05, 3.63) is 40.6 Å². The summed E-state index contributed by atoms with van der Waals surface area (Å²) in [6.07, 6.45) is 22.6. The molecule has 2 aromatic rings. The molecule has 0 unspecified atom stereocenters. The van der Waals surface area contributed by atoms with Crippen LogP contribution >= 0.6 is 0 Å². The van der Waals surface area contributed by atoms with E-state index in [1.807, 2.05) is 0 Å². The van der Waals surface area contributed by atoms with Crippen LogP contribution in [-0.4, -0.2) is 29.5 Å². The van der Waals surface area contributed by atoms with Crippen LogP contribution in [-0.2, 0) is 19.3 Å². The first-order valence-electron chi connectivity index (χ1n) is 15.0. The fourth-order valence-corrected chi connectivity index (χ4v) is 6.45. The second kappa shape index (κ2) is 13.6. The number of aryl methyl sites for hydroxylation is 3. The van der Waals surface area contributed by atoms with Crippen molar-refractivity contribution in [2.75, 3.05) is 19.6 Å². The largest absolute Gasteiger partial charge is 0.303 e. The number of pyridine rings is 1. The van der Waals surface area contributed by atoms with Gasteiger partial charge < -0.3 is 4.90 Å². The zero-order valence-electron chi connectivity index (χ0n) is 22.3. The molecule has 0 atom stereocenters. The molecule has 1 saturated carbocycles.